The molecule has 1 heterocycles. The summed E-state index contributed by atoms with van der Waals surface area (Å²) in [5, 5.41) is 39.0. The van der Waals surface area contributed by atoms with Crippen molar-refractivity contribution in [2.75, 3.05) is 19.7 Å². The first-order chi connectivity index (χ1) is 21.3. The minimum Gasteiger partial charge on any atom is -0.508 e. The Morgan fingerprint density at radius 2 is 1.49 bits per heavy atom. The molecule has 6 unspecified atom stereocenters. The Labute approximate surface area is 261 Å². The summed E-state index contributed by atoms with van der Waals surface area (Å²) in [4.78, 5) is 77.5. The fourth-order valence-corrected chi connectivity index (χ4v) is 4.76. The molecular weight excluding hydrogens is 590 g/mol. The molecule has 0 radical (unpaired) electrons. The molecule has 250 valence electrons. The lowest BCUT2D eigenvalue weighted by atomic mass is 10.0. The molecule has 0 aromatic heterocycles. The monoisotopic (exact) mass is 635 g/mol. The third-order valence-corrected chi connectivity index (χ3v) is 7.37. The van der Waals surface area contributed by atoms with Crippen LogP contribution in [0.4, 0.5) is 0 Å². The van der Waals surface area contributed by atoms with Gasteiger partial charge in [0.25, 0.3) is 0 Å². The van der Waals surface area contributed by atoms with Crippen LogP contribution in [0.25, 0.3) is 0 Å². The second-order valence-corrected chi connectivity index (χ2v) is 11.1. The molecule has 0 aliphatic carbocycles. The van der Waals surface area contributed by atoms with Gasteiger partial charge in [-0.2, -0.15) is 0 Å². The Morgan fingerprint density at radius 1 is 0.889 bits per heavy atom. The summed E-state index contributed by atoms with van der Waals surface area (Å²) in [7, 11) is 0. The standard InChI is InChI=1S/C29H45N7O9/c1-16(31)24(39)33-20(6-3-4-12-30)26(41)32-17(2)25(40)35-22(15-37)27(42)34-21(14-18-8-10-19(38)11-9-18)28(43)36-13-5-7-23(36)29(44)45/h8-11,16-17,20-23,37-38H,3-7,12-15,30-31H2,1-2H3,(H,32,41)(H,33,39)(H,34,42)(H,35,40)(H,44,45). The molecule has 0 saturated carbocycles. The quantitative estimate of drug-likeness (QED) is 0.0804. The highest BCUT2D eigenvalue weighted by Crippen LogP contribution is 2.20. The molecule has 16 nitrogen and oxygen atoms in total. The average molecular weight is 636 g/mol. The van der Waals surface area contributed by atoms with Gasteiger partial charge in [0.1, 0.15) is 36.0 Å². The molecule has 11 N–H and O–H groups in total. The highest BCUT2D eigenvalue weighted by molar-refractivity contribution is 5.96. The van der Waals surface area contributed by atoms with E-state index in [2.05, 4.69) is 21.3 Å². The summed E-state index contributed by atoms with van der Waals surface area (Å²) in [6, 6.07) is -1.04. The molecule has 1 fully saturated rings. The molecule has 6 atom stereocenters. The second kappa shape index (κ2) is 17.9. The summed E-state index contributed by atoms with van der Waals surface area (Å²) in [5.41, 5.74) is 11.7. The number of nitrogens with two attached hydrogens (primary N) is 2. The third kappa shape index (κ3) is 11.3. The van der Waals surface area contributed by atoms with E-state index in [0.29, 0.717) is 31.4 Å². The molecule has 16 heteroatoms. The lowest BCUT2D eigenvalue weighted by Crippen LogP contribution is -2.59. The minimum atomic E-state index is -1.53. The van der Waals surface area contributed by atoms with Gasteiger partial charge >= 0.3 is 5.97 Å². The smallest absolute Gasteiger partial charge is 0.326 e. The Bertz CT molecular complexity index is 1200. The SMILES string of the molecule is CC(N)C(=O)NC(CCCCN)C(=O)NC(C)C(=O)NC(CO)C(=O)NC(Cc1ccc(O)cc1)C(=O)N1CCCC1C(=O)O. The maximum absolute atomic E-state index is 13.5. The number of nitrogens with one attached hydrogen (secondary N) is 4. The number of carboxylic acids is 1. The molecule has 1 saturated heterocycles. The number of amides is 5. The summed E-state index contributed by atoms with van der Waals surface area (Å²) < 4.78 is 0. The van der Waals surface area contributed by atoms with Gasteiger partial charge in [-0.05, 0) is 70.2 Å². The molecule has 5 amide bonds. The van der Waals surface area contributed by atoms with Crippen LogP contribution in [0.5, 0.6) is 5.75 Å². The molecule has 2 rings (SSSR count). The number of aromatic hydroxyl groups is 1. The van der Waals surface area contributed by atoms with Gasteiger partial charge in [-0.25, -0.2) is 4.79 Å². The third-order valence-electron chi connectivity index (χ3n) is 7.37. The van der Waals surface area contributed by atoms with Gasteiger partial charge in [0.15, 0.2) is 0 Å². The van der Waals surface area contributed by atoms with Gasteiger partial charge in [0.05, 0.1) is 12.6 Å². The molecule has 1 aliphatic heterocycles. The molecule has 0 bridgehead atoms. The van der Waals surface area contributed by atoms with Crippen molar-refractivity contribution in [3.63, 3.8) is 0 Å². The van der Waals surface area contributed by atoms with Gasteiger partial charge in [0.2, 0.25) is 29.5 Å². The predicted molar refractivity (Wildman–Crippen MR) is 161 cm³/mol. The Kier molecular flexibility index (Phi) is 14.7. The van der Waals surface area contributed by atoms with Crippen LogP contribution in [0.1, 0.15) is 51.5 Å². The van der Waals surface area contributed by atoms with E-state index in [9.17, 15) is 44.1 Å². The number of hydrogen-bond donors (Lipinski definition) is 9. The number of carboxylic acid groups (broad SMARTS) is 1. The number of aliphatic carboxylic acids is 1. The zero-order valence-electron chi connectivity index (χ0n) is 25.5. The summed E-state index contributed by atoms with van der Waals surface area (Å²) >= 11 is 0. The van der Waals surface area contributed by atoms with Crippen molar-refractivity contribution in [2.24, 2.45) is 11.5 Å². The van der Waals surface area contributed by atoms with E-state index in [1.807, 2.05) is 0 Å². The van der Waals surface area contributed by atoms with Crippen LogP contribution in [0, 0.1) is 0 Å². The van der Waals surface area contributed by atoms with Crippen molar-refractivity contribution in [1.82, 2.24) is 26.2 Å². The first-order valence-corrected chi connectivity index (χ1v) is 14.9. The highest BCUT2D eigenvalue weighted by atomic mass is 16.4. The van der Waals surface area contributed by atoms with Gasteiger partial charge in [-0.3, -0.25) is 24.0 Å². The zero-order chi connectivity index (χ0) is 33.7. The summed E-state index contributed by atoms with van der Waals surface area (Å²) in [6.07, 6.45) is 2.02. The summed E-state index contributed by atoms with van der Waals surface area (Å²) in [6.45, 7) is 2.51. The van der Waals surface area contributed by atoms with Crippen LogP contribution >= 0.6 is 0 Å². The van der Waals surface area contributed by atoms with Gasteiger partial charge < -0.3 is 53.0 Å². The van der Waals surface area contributed by atoms with Crippen molar-refractivity contribution in [3.05, 3.63) is 29.8 Å². The van der Waals surface area contributed by atoms with E-state index < -0.39 is 78.4 Å². The van der Waals surface area contributed by atoms with Crippen molar-refractivity contribution in [3.8, 4) is 5.75 Å². The van der Waals surface area contributed by atoms with Crippen LogP contribution in [0.3, 0.4) is 0 Å². The first-order valence-electron chi connectivity index (χ1n) is 14.9. The van der Waals surface area contributed by atoms with Crippen LogP contribution < -0.4 is 32.7 Å². The number of rotatable bonds is 17. The van der Waals surface area contributed by atoms with Crippen LogP contribution in [0.15, 0.2) is 24.3 Å². The number of hydrogen-bond acceptors (Lipinski definition) is 10. The number of carbonyl (C=O) groups excluding carboxylic acids is 5. The number of benzene rings is 1. The number of phenolic OH excluding ortho intramolecular Hbond substituents is 1. The van der Waals surface area contributed by atoms with Gasteiger partial charge in [-0.15, -0.1) is 0 Å². The fraction of sp³-hybridized carbons (Fsp3) is 0.586. The molecular formula is C29H45N7O9. The first kappa shape index (κ1) is 36.9. The maximum atomic E-state index is 13.5. The topological polar surface area (TPSA) is 267 Å². The summed E-state index contributed by atoms with van der Waals surface area (Å²) in [5.74, 6) is -4.81. The van der Waals surface area contributed by atoms with Crippen molar-refractivity contribution >= 4 is 35.5 Å². The lowest BCUT2D eigenvalue weighted by Gasteiger charge is -2.29. The van der Waals surface area contributed by atoms with Crippen molar-refractivity contribution < 1.29 is 44.1 Å². The normalized spacial score (nSPS) is 17.7. The lowest BCUT2D eigenvalue weighted by molar-refractivity contribution is -0.149. The Morgan fingerprint density at radius 3 is 2.07 bits per heavy atom. The van der Waals surface area contributed by atoms with E-state index in [4.69, 9.17) is 11.5 Å². The van der Waals surface area contributed by atoms with E-state index in [1.165, 1.54) is 43.0 Å². The number of unbranched alkanes of at least 4 members (excludes halogenated alkanes) is 1. The molecule has 1 aromatic carbocycles. The number of aliphatic hydroxyl groups is 1. The number of carbonyl (C=O) groups is 6. The Balaban J connectivity index is 2.13. The van der Waals surface area contributed by atoms with Gasteiger partial charge in [-0.1, -0.05) is 12.1 Å². The number of nitrogens with zero attached hydrogens (tertiary/aromatic N) is 1. The fourth-order valence-electron chi connectivity index (χ4n) is 4.76. The van der Waals surface area contributed by atoms with Crippen LogP contribution in [-0.4, -0.2) is 112 Å². The highest BCUT2D eigenvalue weighted by Gasteiger charge is 2.38. The predicted octanol–water partition coefficient (Wildman–Crippen LogP) is -2.56. The van der Waals surface area contributed by atoms with E-state index in [1.54, 1.807) is 0 Å². The van der Waals surface area contributed by atoms with E-state index >= 15 is 0 Å². The van der Waals surface area contributed by atoms with Crippen LogP contribution in [0.2, 0.25) is 0 Å². The number of likely N-dealkylation sites (tertiary alicyclic amines) is 1. The van der Waals surface area contributed by atoms with E-state index in [0.717, 1.165) is 0 Å². The zero-order valence-corrected chi connectivity index (χ0v) is 25.5. The average Bonchev–Trinajstić information content (AvgIpc) is 3.50. The number of phenols is 1. The van der Waals surface area contributed by atoms with Crippen molar-refractivity contribution in [1.29, 1.82) is 0 Å². The largest absolute Gasteiger partial charge is 0.508 e. The second-order valence-electron chi connectivity index (χ2n) is 11.1. The molecule has 45 heavy (non-hydrogen) atoms. The van der Waals surface area contributed by atoms with Crippen molar-refractivity contribution in [2.45, 2.75) is 88.6 Å². The van der Waals surface area contributed by atoms with Crippen LogP contribution in [-0.2, 0) is 35.2 Å². The number of aliphatic hydroxyl groups excluding tert-OH is 1. The molecule has 1 aromatic rings. The van der Waals surface area contributed by atoms with E-state index in [-0.39, 0.29) is 31.6 Å². The molecule has 0 spiro atoms. The van der Waals surface area contributed by atoms with Gasteiger partial charge in [0, 0.05) is 13.0 Å². The minimum absolute atomic E-state index is 0.0152. The Hall–Kier alpha value is -4.28. The molecule has 1 aliphatic rings. The maximum Gasteiger partial charge on any atom is 0.326 e.